The molecule has 1 N–H and O–H groups in total. The minimum Gasteiger partial charge on any atom is -0.480 e. The molecule has 82 valence electrons. The Labute approximate surface area is 94.3 Å². The molecule has 0 radical (unpaired) electrons. The average Bonchev–Trinajstić information content (AvgIpc) is 2.16. The third-order valence-electron chi connectivity index (χ3n) is 2.34. The molecule has 1 unspecified atom stereocenters. The van der Waals surface area contributed by atoms with Gasteiger partial charge in [-0.1, -0.05) is 23.7 Å². The second-order valence-corrected chi connectivity index (χ2v) is 4.00. The Hall–Kier alpha value is -1.06. The van der Waals surface area contributed by atoms with Crippen molar-refractivity contribution in [2.24, 2.45) is 0 Å². The van der Waals surface area contributed by atoms with Gasteiger partial charge in [-0.3, -0.25) is 9.69 Å². The zero-order valence-electron chi connectivity index (χ0n) is 8.77. The van der Waals surface area contributed by atoms with Crippen LogP contribution in [0.5, 0.6) is 0 Å². The predicted molar refractivity (Wildman–Crippen MR) is 60.0 cm³/mol. The van der Waals surface area contributed by atoms with Crippen molar-refractivity contribution in [3.8, 4) is 0 Å². The monoisotopic (exact) mass is 227 g/mol. The lowest BCUT2D eigenvalue weighted by molar-refractivity contribution is -0.142. The maximum absolute atomic E-state index is 10.7. The third-order valence-corrected chi connectivity index (χ3v) is 2.57. The van der Waals surface area contributed by atoms with Crippen LogP contribution in [0.25, 0.3) is 0 Å². The molecule has 0 saturated carbocycles. The van der Waals surface area contributed by atoms with Gasteiger partial charge >= 0.3 is 5.97 Å². The molecule has 0 spiro atoms. The van der Waals surface area contributed by atoms with Crippen molar-refractivity contribution in [2.45, 2.75) is 19.5 Å². The smallest absolute Gasteiger partial charge is 0.320 e. The van der Waals surface area contributed by atoms with E-state index in [1.165, 1.54) is 0 Å². The van der Waals surface area contributed by atoms with E-state index < -0.39 is 12.0 Å². The summed E-state index contributed by atoms with van der Waals surface area (Å²) in [5.41, 5.74) is 1.01. The average molecular weight is 228 g/mol. The molecular formula is C11H14ClNO2. The molecule has 4 heteroatoms. The summed E-state index contributed by atoms with van der Waals surface area (Å²) >= 11 is 5.84. The summed E-state index contributed by atoms with van der Waals surface area (Å²) in [7, 11) is 1.78. The summed E-state index contributed by atoms with van der Waals surface area (Å²) in [6.07, 6.45) is 0. The van der Waals surface area contributed by atoms with Gasteiger partial charge in [-0.25, -0.2) is 0 Å². The van der Waals surface area contributed by atoms with E-state index in [9.17, 15) is 4.79 Å². The molecule has 15 heavy (non-hydrogen) atoms. The minimum absolute atomic E-state index is 0.496. The fourth-order valence-electron chi connectivity index (χ4n) is 1.25. The number of hydrogen-bond donors (Lipinski definition) is 1. The summed E-state index contributed by atoms with van der Waals surface area (Å²) in [6.45, 7) is 2.24. The van der Waals surface area contributed by atoms with Gasteiger partial charge in [0.1, 0.15) is 6.04 Å². The van der Waals surface area contributed by atoms with E-state index in [4.69, 9.17) is 16.7 Å². The van der Waals surface area contributed by atoms with E-state index in [-0.39, 0.29) is 0 Å². The number of hydrogen-bond acceptors (Lipinski definition) is 2. The number of carboxylic acid groups (broad SMARTS) is 1. The predicted octanol–water partition coefficient (Wildman–Crippen LogP) is 2.24. The highest BCUT2D eigenvalue weighted by Crippen LogP contribution is 2.13. The fourth-order valence-corrected chi connectivity index (χ4v) is 1.46. The molecule has 1 aromatic rings. The van der Waals surface area contributed by atoms with Crippen LogP contribution in [-0.2, 0) is 11.3 Å². The summed E-state index contributed by atoms with van der Waals surface area (Å²) in [6, 6.07) is 6.93. The molecule has 0 bridgehead atoms. The molecule has 0 amide bonds. The topological polar surface area (TPSA) is 40.5 Å². The van der Waals surface area contributed by atoms with Crippen LogP contribution < -0.4 is 0 Å². The highest BCUT2D eigenvalue weighted by atomic mass is 35.5. The molecule has 0 fully saturated rings. The Morgan fingerprint density at radius 3 is 2.80 bits per heavy atom. The second-order valence-electron chi connectivity index (χ2n) is 3.56. The van der Waals surface area contributed by atoms with Gasteiger partial charge in [0.25, 0.3) is 0 Å². The van der Waals surface area contributed by atoms with Crippen LogP contribution >= 0.6 is 11.6 Å². The van der Waals surface area contributed by atoms with Gasteiger partial charge in [0.15, 0.2) is 0 Å². The standard InChI is InChI=1S/C11H14ClNO2/c1-8(11(14)15)13(2)7-9-4-3-5-10(12)6-9/h3-6,8H,7H2,1-2H3,(H,14,15). The maximum atomic E-state index is 10.7. The van der Waals surface area contributed by atoms with Gasteiger partial charge < -0.3 is 5.11 Å². The quantitative estimate of drug-likeness (QED) is 0.858. The Kier molecular flexibility index (Phi) is 4.12. The first-order chi connectivity index (χ1) is 7.00. The van der Waals surface area contributed by atoms with Crippen molar-refractivity contribution in [1.29, 1.82) is 0 Å². The van der Waals surface area contributed by atoms with E-state index in [1.807, 2.05) is 18.2 Å². The molecule has 0 aliphatic carbocycles. The summed E-state index contributed by atoms with van der Waals surface area (Å²) < 4.78 is 0. The Balaban J connectivity index is 2.66. The summed E-state index contributed by atoms with van der Waals surface area (Å²) in [4.78, 5) is 12.5. The molecule has 0 aliphatic rings. The van der Waals surface area contributed by atoms with Crippen LogP contribution in [0.1, 0.15) is 12.5 Å². The molecule has 0 aromatic heterocycles. The Morgan fingerprint density at radius 1 is 1.60 bits per heavy atom. The number of benzene rings is 1. The lowest BCUT2D eigenvalue weighted by atomic mass is 10.2. The van der Waals surface area contributed by atoms with Crippen molar-refractivity contribution >= 4 is 17.6 Å². The zero-order chi connectivity index (χ0) is 11.4. The molecule has 1 aromatic carbocycles. The second kappa shape index (κ2) is 5.14. The molecule has 3 nitrogen and oxygen atoms in total. The number of nitrogens with zero attached hydrogens (tertiary/aromatic N) is 1. The highest BCUT2D eigenvalue weighted by molar-refractivity contribution is 6.30. The van der Waals surface area contributed by atoms with Gasteiger partial charge in [0.05, 0.1) is 0 Å². The fraction of sp³-hybridized carbons (Fsp3) is 0.364. The van der Waals surface area contributed by atoms with E-state index in [0.717, 1.165) is 5.56 Å². The van der Waals surface area contributed by atoms with Crippen molar-refractivity contribution in [2.75, 3.05) is 7.05 Å². The van der Waals surface area contributed by atoms with E-state index in [2.05, 4.69) is 0 Å². The zero-order valence-corrected chi connectivity index (χ0v) is 9.53. The molecule has 0 aliphatic heterocycles. The van der Waals surface area contributed by atoms with Crippen molar-refractivity contribution in [1.82, 2.24) is 4.90 Å². The number of rotatable bonds is 4. The lowest BCUT2D eigenvalue weighted by Gasteiger charge is -2.21. The van der Waals surface area contributed by atoms with Crippen molar-refractivity contribution in [3.05, 3.63) is 34.9 Å². The number of aliphatic carboxylic acids is 1. The van der Waals surface area contributed by atoms with Crippen LogP contribution in [0.15, 0.2) is 24.3 Å². The number of halogens is 1. The van der Waals surface area contributed by atoms with E-state index in [0.29, 0.717) is 11.6 Å². The summed E-state index contributed by atoms with van der Waals surface area (Å²) in [5, 5.41) is 9.49. The molecule has 1 rings (SSSR count). The van der Waals surface area contributed by atoms with Gasteiger partial charge in [0.2, 0.25) is 0 Å². The first kappa shape index (κ1) is 12.0. The number of likely N-dealkylation sites (N-methyl/N-ethyl adjacent to an activating group) is 1. The van der Waals surface area contributed by atoms with Crippen LogP contribution in [0.4, 0.5) is 0 Å². The highest BCUT2D eigenvalue weighted by Gasteiger charge is 2.16. The van der Waals surface area contributed by atoms with Gasteiger partial charge in [-0.15, -0.1) is 0 Å². The Morgan fingerprint density at radius 2 is 2.27 bits per heavy atom. The van der Waals surface area contributed by atoms with E-state index >= 15 is 0 Å². The first-order valence-corrected chi connectivity index (χ1v) is 5.06. The summed E-state index contributed by atoms with van der Waals surface area (Å²) in [5.74, 6) is -0.820. The van der Waals surface area contributed by atoms with Gasteiger partial charge in [-0.2, -0.15) is 0 Å². The van der Waals surface area contributed by atoms with Crippen molar-refractivity contribution in [3.63, 3.8) is 0 Å². The first-order valence-electron chi connectivity index (χ1n) is 4.68. The third kappa shape index (κ3) is 3.53. The molecule has 1 atom stereocenters. The minimum atomic E-state index is -0.820. The van der Waals surface area contributed by atoms with Crippen LogP contribution in [0.3, 0.4) is 0 Å². The van der Waals surface area contributed by atoms with Crippen LogP contribution in [0.2, 0.25) is 5.02 Å². The SMILES string of the molecule is CC(C(=O)O)N(C)Cc1cccc(Cl)c1. The van der Waals surface area contributed by atoms with Crippen LogP contribution in [0, 0.1) is 0 Å². The Bertz CT molecular complexity index is 354. The lowest BCUT2D eigenvalue weighted by Crippen LogP contribution is -2.35. The van der Waals surface area contributed by atoms with Crippen LogP contribution in [-0.4, -0.2) is 29.1 Å². The number of carboxylic acids is 1. The van der Waals surface area contributed by atoms with E-state index in [1.54, 1.807) is 24.9 Å². The van der Waals surface area contributed by atoms with Gasteiger partial charge in [0, 0.05) is 11.6 Å². The molecular weight excluding hydrogens is 214 g/mol. The largest absolute Gasteiger partial charge is 0.480 e. The molecule has 0 heterocycles. The number of carbonyl (C=O) groups is 1. The molecule has 0 saturated heterocycles. The maximum Gasteiger partial charge on any atom is 0.320 e. The van der Waals surface area contributed by atoms with Gasteiger partial charge in [-0.05, 0) is 31.7 Å². The van der Waals surface area contributed by atoms with Crippen molar-refractivity contribution < 1.29 is 9.90 Å². The normalized spacial score (nSPS) is 12.8.